The third-order valence-electron chi connectivity index (χ3n) is 6.56. The van der Waals surface area contributed by atoms with Gasteiger partial charge in [0, 0.05) is 30.4 Å². The summed E-state index contributed by atoms with van der Waals surface area (Å²) >= 11 is 6.45. The number of halogens is 1. The first-order valence-corrected chi connectivity index (χ1v) is 12.2. The summed E-state index contributed by atoms with van der Waals surface area (Å²) in [4.78, 5) is 41.4. The van der Waals surface area contributed by atoms with Crippen LogP contribution in [0.25, 0.3) is 10.9 Å². The van der Waals surface area contributed by atoms with Crippen molar-refractivity contribution in [2.45, 2.75) is 52.7 Å². The molecule has 2 N–H and O–H groups in total. The highest BCUT2D eigenvalue weighted by atomic mass is 35.5. The lowest BCUT2D eigenvalue weighted by Crippen LogP contribution is -2.63. The van der Waals surface area contributed by atoms with Crippen LogP contribution in [0.3, 0.4) is 0 Å². The Bertz CT molecular complexity index is 1300. The van der Waals surface area contributed by atoms with E-state index in [-0.39, 0.29) is 30.8 Å². The number of anilines is 1. The Labute approximate surface area is 210 Å². The smallest absolute Gasteiger partial charge is 0.273 e. The molecule has 1 atom stereocenters. The number of para-hydroxylation sites is 1. The van der Waals surface area contributed by atoms with Gasteiger partial charge in [-0.05, 0) is 37.0 Å². The molecule has 8 heteroatoms. The van der Waals surface area contributed by atoms with Crippen LogP contribution in [-0.2, 0) is 22.7 Å². The summed E-state index contributed by atoms with van der Waals surface area (Å²) < 4.78 is 1.86. The lowest BCUT2D eigenvalue weighted by molar-refractivity contribution is -0.133. The van der Waals surface area contributed by atoms with Gasteiger partial charge < -0.3 is 20.1 Å². The SMILES string of the molecule is CC(=O)Nc1c2n(c3ccccc13)C[C@](C)(C(=O)NCCC(C)C)N(Cc1ccccc1Cl)C2=O. The third-order valence-corrected chi connectivity index (χ3v) is 6.93. The van der Waals surface area contributed by atoms with E-state index in [9.17, 15) is 14.4 Å². The van der Waals surface area contributed by atoms with E-state index in [4.69, 9.17) is 11.6 Å². The van der Waals surface area contributed by atoms with Gasteiger partial charge in [-0.2, -0.15) is 0 Å². The molecule has 0 bridgehead atoms. The number of hydrogen-bond acceptors (Lipinski definition) is 3. The first-order valence-electron chi connectivity index (χ1n) is 11.9. The van der Waals surface area contributed by atoms with Crippen LogP contribution in [0.5, 0.6) is 0 Å². The fraction of sp³-hybridized carbons (Fsp3) is 0.370. The van der Waals surface area contributed by atoms with Crippen molar-refractivity contribution in [3.63, 3.8) is 0 Å². The number of amides is 3. The van der Waals surface area contributed by atoms with Crippen molar-refractivity contribution in [3.05, 3.63) is 64.8 Å². The molecule has 3 aromatic rings. The lowest BCUT2D eigenvalue weighted by Gasteiger charge is -2.44. The highest BCUT2D eigenvalue weighted by Crippen LogP contribution is 2.39. The van der Waals surface area contributed by atoms with E-state index in [0.717, 1.165) is 22.9 Å². The number of fused-ring (bicyclic) bond motifs is 3. The summed E-state index contributed by atoms with van der Waals surface area (Å²) in [6, 6.07) is 14.8. The molecule has 184 valence electrons. The van der Waals surface area contributed by atoms with Crippen LogP contribution in [0.1, 0.15) is 50.2 Å². The van der Waals surface area contributed by atoms with Gasteiger partial charge in [0.05, 0.1) is 17.7 Å². The Morgan fingerprint density at radius 3 is 2.49 bits per heavy atom. The van der Waals surface area contributed by atoms with Gasteiger partial charge in [0.1, 0.15) is 11.2 Å². The molecule has 3 amide bonds. The Balaban J connectivity index is 1.85. The zero-order chi connectivity index (χ0) is 25.3. The predicted molar refractivity (Wildman–Crippen MR) is 138 cm³/mol. The zero-order valence-electron chi connectivity index (χ0n) is 20.5. The molecule has 1 aliphatic rings. The normalized spacial score (nSPS) is 17.5. The van der Waals surface area contributed by atoms with Gasteiger partial charge in [0.2, 0.25) is 11.8 Å². The molecule has 35 heavy (non-hydrogen) atoms. The van der Waals surface area contributed by atoms with E-state index in [1.165, 1.54) is 6.92 Å². The Morgan fingerprint density at radius 2 is 1.80 bits per heavy atom. The number of hydrogen-bond donors (Lipinski definition) is 2. The Hall–Kier alpha value is -3.32. The van der Waals surface area contributed by atoms with Crippen molar-refractivity contribution in [3.8, 4) is 0 Å². The highest BCUT2D eigenvalue weighted by molar-refractivity contribution is 6.31. The highest BCUT2D eigenvalue weighted by Gasteiger charge is 2.49. The topological polar surface area (TPSA) is 83.4 Å². The fourth-order valence-electron chi connectivity index (χ4n) is 4.64. The molecule has 0 saturated carbocycles. The maximum Gasteiger partial charge on any atom is 0.273 e. The zero-order valence-corrected chi connectivity index (χ0v) is 21.3. The predicted octanol–water partition coefficient (Wildman–Crippen LogP) is 4.83. The lowest BCUT2D eigenvalue weighted by atomic mass is 9.93. The van der Waals surface area contributed by atoms with Gasteiger partial charge in [-0.25, -0.2) is 0 Å². The average Bonchev–Trinajstić information content (AvgIpc) is 3.10. The van der Waals surface area contributed by atoms with E-state index in [0.29, 0.717) is 28.9 Å². The van der Waals surface area contributed by atoms with Crippen LogP contribution in [0.2, 0.25) is 5.02 Å². The Kier molecular flexibility index (Phi) is 6.90. The summed E-state index contributed by atoms with van der Waals surface area (Å²) in [6.45, 7) is 8.34. The van der Waals surface area contributed by atoms with E-state index < -0.39 is 5.54 Å². The number of aromatic nitrogens is 1. The molecule has 7 nitrogen and oxygen atoms in total. The number of nitrogens with zero attached hydrogens (tertiary/aromatic N) is 2. The molecule has 2 aromatic carbocycles. The summed E-state index contributed by atoms with van der Waals surface area (Å²) in [5.74, 6) is -0.384. The monoisotopic (exact) mass is 494 g/mol. The molecule has 0 spiro atoms. The minimum atomic E-state index is -1.17. The van der Waals surface area contributed by atoms with Gasteiger partial charge in [-0.1, -0.05) is 61.8 Å². The van der Waals surface area contributed by atoms with Crippen molar-refractivity contribution in [2.75, 3.05) is 11.9 Å². The molecule has 0 aliphatic carbocycles. The van der Waals surface area contributed by atoms with Crippen LogP contribution < -0.4 is 10.6 Å². The maximum atomic E-state index is 14.1. The van der Waals surface area contributed by atoms with Crippen LogP contribution in [-0.4, -0.2) is 39.3 Å². The molecular weight excluding hydrogens is 464 g/mol. The number of carbonyl (C=O) groups is 3. The minimum absolute atomic E-state index is 0.160. The first kappa shape index (κ1) is 24.8. The number of carbonyl (C=O) groups excluding carboxylic acids is 3. The average molecular weight is 495 g/mol. The van der Waals surface area contributed by atoms with Crippen LogP contribution in [0.15, 0.2) is 48.5 Å². The molecule has 0 radical (unpaired) electrons. The van der Waals surface area contributed by atoms with Crippen molar-refractivity contribution in [1.82, 2.24) is 14.8 Å². The van der Waals surface area contributed by atoms with Crippen molar-refractivity contribution in [1.29, 1.82) is 0 Å². The second-order valence-electron chi connectivity index (χ2n) is 9.70. The van der Waals surface area contributed by atoms with Gasteiger partial charge in [-0.3, -0.25) is 14.4 Å². The van der Waals surface area contributed by atoms with Gasteiger partial charge in [0.25, 0.3) is 5.91 Å². The molecule has 0 unspecified atom stereocenters. The van der Waals surface area contributed by atoms with Gasteiger partial charge in [0.15, 0.2) is 0 Å². The third kappa shape index (κ3) is 4.65. The second-order valence-corrected chi connectivity index (χ2v) is 10.1. The van der Waals surface area contributed by atoms with Crippen LogP contribution in [0.4, 0.5) is 5.69 Å². The fourth-order valence-corrected chi connectivity index (χ4v) is 4.84. The van der Waals surface area contributed by atoms with Crippen LogP contribution in [0, 0.1) is 5.92 Å². The van der Waals surface area contributed by atoms with E-state index >= 15 is 0 Å². The van der Waals surface area contributed by atoms with Gasteiger partial charge >= 0.3 is 0 Å². The molecule has 2 heterocycles. The molecule has 0 fully saturated rings. The number of rotatable bonds is 7. The second kappa shape index (κ2) is 9.74. The Morgan fingerprint density at radius 1 is 1.11 bits per heavy atom. The van der Waals surface area contributed by atoms with Crippen molar-refractivity contribution < 1.29 is 14.4 Å². The standard InChI is InChI=1S/C27H31ClN4O3/c1-17(2)13-14-29-26(35)27(4)16-31-22-12-8-6-10-20(22)23(30-18(3)33)24(31)25(34)32(27)15-19-9-5-7-11-21(19)28/h5-12,17H,13-16H2,1-4H3,(H,29,35)(H,30,33)/t27-/m1/s1. The van der Waals surface area contributed by atoms with Gasteiger partial charge in [-0.15, -0.1) is 0 Å². The van der Waals surface area contributed by atoms with Crippen molar-refractivity contribution in [2.24, 2.45) is 5.92 Å². The maximum absolute atomic E-state index is 14.1. The molecule has 1 aliphatic heterocycles. The van der Waals surface area contributed by atoms with E-state index in [1.54, 1.807) is 17.9 Å². The molecular formula is C27H31ClN4O3. The van der Waals surface area contributed by atoms with Crippen LogP contribution >= 0.6 is 11.6 Å². The first-order chi connectivity index (χ1) is 16.6. The number of benzene rings is 2. The van der Waals surface area contributed by atoms with Crippen molar-refractivity contribution >= 4 is 45.9 Å². The largest absolute Gasteiger partial charge is 0.354 e. The molecule has 0 saturated heterocycles. The summed E-state index contributed by atoms with van der Waals surface area (Å²) in [7, 11) is 0. The minimum Gasteiger partial charge on any atom is -0.354 e. The quantitative estimate of drug-likeness (QED) is 0.493. The summed E-state index contributed by atoms with van der Waals surface area (Å²) in [5, 5.41) is 7.18. The number of nitrogens with one attached hydrogen (secondary N) is 2. The molecule has 1 aromatic heterocycles. The van der Waals surface area contributed by atoms with E-state index in [1.807, 2.05) is 47.0 Å². The summed E-state index contributed by atoms with van der Waals surface area (Å²) in [5.41, 5.74) is 1.19. The summed E-state index contributed by atoms with van der Waals surface area (Å²) in [6.07, 6.45) is 0.838. The van der Waals surface area contributed by atoms with E-state index in [2.05, 4.69) is 24.5 Å². The molecule has 4 rings (SSSR count).